The number of rotatable bonds is 6. The SMILES string of the molecule is CCCCC(N)C(=O)N(C)C(C)c1ccc(Cl)cc1Cl. The average molecular weight is 317 g/mol. The average Bonchev–Trinajstić information content (AvgIpc) is 2.42. The van der Waals surface area contributed by atoms with Crippen LogP contribution in [0.15, 0.2) is 18.2 Å². The Bertz CT molecular complexity index is 465. The van der Waals surface area contributed by atoms with E-state index in [1.807, 2.05) is 13.0 Å². The molecule has 1 aromatic rings. The Balaban J connectivity index is 2.80. The molecule has 0 bridgehead atoms. The lowest BCUT2D eigenvalue weighted by Crippen LogP contribution is -2.42. The maximum absolute atomic E-state index is 12.3. The molecule has 0 aliphatic heterocycles. The van der Waals surface area contributed by atoms with Gasteiger partial charge < -0.3 is 10.6 Å². The number of benzene rings is 1. The van der Waals surface area contributed by atoms with Crippen molar-refractivity contribution < 1.29 is 4.79 Å². The number of nitrogens with zero attached hydrogens (tertiary/aromatic N) is 1. The Hall–Kier alpha value is -0.770. The molecule has 0 saturated carbocycles. The Morgan fingerprint density at radius 3 is 2.60 bits per heavy atom. The Labute approximate surface area is 131 Å². The summed E-state index contributed by atoms with van der Waals surface area (Å²) in [7, 11) is 1.75. The van der Waals surface area contributed by atoms with Crippen LogP contribution in [0.5, 0.6) is 0 Å². The fourth-order valence-corrected chi connectivity index (χ4v) is 2.62. The van der Waals surface area contributed by atoms with Crippen LogP contribution in [0.4, 0.5) is 0 Å². The third kappa shape index (κ3) is 4.37. The van der Waals surface area contributed by atoms with Gasteiger partial charge in [0.05, 0.1) is 12.1 Å². The quantitative estimate of drug-likeness (QED) is 0.861. The van der Waals surface area contributed by atoms with Crippen molar-refractivity contribution in [3.8, 4) is 0 Å². The number of halogens is 2. The van der Waals surface area contributed by atoms with E-state index in [0.29, 0.717) is 16.5 Å². The summed E-state index contributed by atoms with van der Waals surface area (Å²) in [5.41, 5.74) is 6.81. The molecule has 2 atom stereocenters. The number of likely N-dealkylation sites (N-methyl/N-ethyl adjacent to an activating group) is 1. The molecule has 0 aliphatic rings. The minimum atomic E-state index is -0.450. The van der Waals surface area contributed by atoms with Crippen LogP contribution in [0.2, 0.25) is 10.0 Å². The van der Waals surface area contributed by atoms with E-state index in [1.54, 1.807) is 24.1 Å². The highest BCUT2D eigenvalue weighted by molar-refractivity contribution is 6.35. The first-order chi connectivity index (χ1) is 9.38. The second-order valence-corrected chi connectivity index (χ2v) is 5.88. The predicted molar refractivity (Wildman–Crippen MR) is 85.1 cm³/mol. The van der Waals surface area contributed by atoms with E-state index >= 15 is 0 Å². The zero-order valence-electron chi connectivity index (χ0n) is 12.2. The van der Waals surface area contributed by atoms with Crippen LogP contribution in [0.3, 0.4) is 0 Å². The van der Waals surface area contributed by atoms with Crippen LogP contribution < -0.4 is 5.73 Å². The molecule has 2 N–H and O–H groups in total. The van der Waals surface area contributed by atoms with E-state index in [9.17, 15) is 4.79 Å². The normalized spacial score (nSPS) is 13.9. The van der Waals surface area contributed by atoms with Crippen LogP contribution in [0.25, 0.3) is 0 Å². The lowest BCUT2D eigenvalue weighted by Gasteiger charge is -2.28. The van der Waals surface area contributed by atoms with Crippen molar-refractivity contribution in [3.05, 3.63) is 33.8 Å². The van der Waals surface area contributed by atoms with Gasteiger partial charge in [-0.25, -0.2) is 0 Å². The largest absolute Gasteiger partial charge is 0.338 e. The highest BCUT2D eigenvalue weighted by atomic mass is 35.5. The molecule has 20 heavy (non-hydrogen) atoms. The smallest absolute Gasteiger partial charge is 0.239 e. The van der Waals surface area contributed by atoms with Gasteiger partial charge in [-0.1, -0.05) is 49.0 Å². The summed E-state index contributed by atoms with van der Waals surface area (Å²) in [4.78, 5) is 13.9. The Morgan fingerprint density at radius 1 is 1.40 bits per heavy atom. The van der Waals surface area contributed by atoms with Gasteiger partial charge in [0.25, 0.3) is 0 Å². The van der Waals surface area contributed by atoms with Gasteiger partial charge in [-0.05, 0) is 31.0 Å². The molecule has 0 saturated heterocycles. The molecule has 0 radical (unpaired) electrons. The predicted octanol–water partition coefficient (Wildman–Crippen LogP) is 4.03. The summed E-state index contributed by atoms with van der Waals surface area (Å²) < 4.78 is 0. The van der Waals surface area contributed by atoms with Crippen LogP contribution in [0.1, 0.15) is 44.7 Å². The van der Waals surface area contributed by atoms with Crippen molar-refractivity contribution in [1.82, 2.24) is 4.90 Å². The number of unbranched alkanes of at least 4 members (excludes halogenated alkanes) is 1. The summed E-state index contributed by atoms with van der Waals surface area (Å²) >= 11 is 12.1. The molecule has 0 aromatic heterocycles. The van der Waals surface area contributed by atoms with E-state index in [1.165, 1.54) is 0 Å². The van der Waals surface area contributed by atoms with Gasteiger partial charge in [0.2, 0.25) is 5.91 Å². The van der Waals surface area contributed by atoms with Gasteiger partial charge in [0.15, 0.2) is 0 Å². The first kappa shape index (κ1) is 17.3. The van der Waals surface area contributed by atoms with Crippen LogP contribution in [-0.4, -0.2) is 23.9 Å². The number of hydrogen-bond acceptors (Lipinski definition) is 2. The van der Waals surface area contributed by atoms with Crippen molar-refractivity contribution in [2.75, 3.05) is 7.05 Å². The Morgan fingerprint density at radius 2 is 2.05 bits per heavy atom. The first-order valence-electron chi connectivity index (χ1n) is 6.85. The minimum Gasteiger partial charge on any atom is -0.338 e. The zero-order valence-corrected chi connectivity index (χ0v) is 13.7. The third-order valence-electron chi connectivity index (χ3n) is 3.53. The number of hydrogen-bond donors (Lipinski definition) is 1. The molecular weight excluding hydrogens is 295 g/mol. The van der Waals surface area contributed by atoms with Crippen molar-refractivity contribution in [1.29, 1.82) is 0 Å². The van der Waals surface area contributed by atoms with E-state index in [0.717, 1.165) is 18.4 Å². The van der Waals surface area contributed by atoms with E-state index < -0.39 is 6.04 Å². The molecule has 1 rings (SSSR count). The maximum atomic E-state index is 12.3. The van der Waals surface area contributed by atoms with Gasteiger partial charge in [0.1, 0.15) is 0 Å². The van der Waals surface area contributed by atoms with Crippen LogP contribution >= 0.6 is 23.2 Å². The fraction of sp³-hybridized carbons (Fsp3) is 0.533. The fourth-order valence-electron chi connectivity index (χ4n) is 2.05. The second-order valence-electron chi connectivity index (χ2n) is 5.04. The number of carbonyl (C=O) groups is 1. The summed E-state index contributed by atoms with van der Waals surface area (Å²) in [5, 5.41) is 1.14. The van der Waals surface area contributed by atoms with Gasteiger partial charge in [0, 0.05) is 17.1 Å². The third-order valence-corrected chi connectivity index (χ3v) is 4.09. The standard InChI is InChI=1S/C15H22Cl2N2O/c1-4-5-6-14(18)15(20)19(3)10(2)12-8-7-11(16)9-13(12)17/h7-10,14H,4-6,18H2,1-3H3. The monoisotopic (exact) mass is 316 g/mol. The first-order valence-corrected chi connectivity index (χ1v) is 7.61. The Kier molecular flexibility index (Phi) is 6.80. The molecule has 5 heteroatoms. The van der Waals surface area contributed by atoms with E-state index in [-0.39, 0.29) is 11.9 Å². The van der Waals surface area contributed by atoms with Crippen molar-refractivity contribution in [2.24, 2.45) is 5.73 Å². The molecule has 1 amide bonds. The maximum Gasteiger partial charge on any atom is 0.239 e. The molecule has 0 heterocycles. The second kappa shape index (κ2) is 7.87. The number of amides is 1. The number of nitrogens with two attached hydrogens (primary N) is 1. The molecule has 1 aromatic carbocycles. The van der Waals surface area contributed by atoms with E-state index in [4.69, 9.17) is 28.9 Å². The van der Waals surface area contributed by atoms with Gasteiger partial charge in [-0.3, -0.25) is 4.79 Å². The highest BCUT2D eigenvalue weighted by Gasteiger charge is 2.23. The molecule has 0 spiro atoms. The van der Waals surface area contributed by atoms with Gasteiger partial charge in [-0.2, -0.15) is 0 Å². The molecule has 0 aliphatic carbocycles. The van der Waals surface area contributed by atoms with Crippen molar-refractivity contribution >= 4 is 29.1 Å². The summed E-state index contributed by atoms with van der Waals surface area (Å²) in [6.45, 7) is 4.01. The topological polar surface area (TPSA) is 46.3 Å². The summed E-state index contributed by atoms with van der Waals surface area (Å²) in [5.74, 6) is -0.0584. The summed E-state index contributed by atoms with van der Waals surface area (Å²) in [6, 6.07) is 4.71. The van der Waals surface area contributed by atoms with Crippen molar-refractivity contribution in [2.45, 2.75) is 45.2 Å². The van der Waals surface area contributed by atoms with Crippen LogP contribution in [-0.2, 0) is 4.79 Å². The van der Waals surface area contributed by atoms with Gasteiger partial charge in [-0.15, -0.1) is 0 Å². The van der Waals surface area contributed by atoms with Gasteiger partial charge >= 0.3 is 0 Å². The summed E-state index contributed by atoms with van der Waals surface area (Å²) in [6.07, 6.45) is 2.70. The molecule has 0 fully saturated rings. The number of carbonyl (C=O) groups excluding carboxylic acids is 1. The van der Waals surface area contributed by atoms with Crippen LogP contribution in [0, 0.1) is 0 Å². The molecule has 3 nitrogen and oxygen atoms in total. The zero-order chi connectivity index (χ0) is 15.3. The minimum absolute atomic E-state index is 0.0584. The molecular formula is C15H22Cl2N2O. The lowest BCUT2D eigenvalue weighted by molar-refractivity contribution is -0.133. The molecule has 2 unspecified atom stereocenters. The van der Waals surface area contributed by atoms with E-state index in [2.05, 4.69) is 6.92 Å². The van der Waals surface area contributed by atoms with Crippen molar-refractivity contribution in [3.63, 3.8) is 0 Å². The lowest BCUT2D eigenvalue weighted by atomic mass is 10.0. The highest BCUT2D eigenvalue weighted by Crippen LogP contribution is 2.29. The molecule has 112 valence electrons.